The van der Waals surface area contributed by atoms with Gasteiger partial charge in [-0.05, 0) is 47.5 Å². The highest BCUT2D eigenvalue weighted by Crippen LogP contribution is 2.58. The molecule has 0 saturated carbocycles. The second-order valence-corrected chi connectivity index (χ2v) is 7.04. The fourth-order valence-corrected chi connectivity index (χ4v) is 3.21. The van der Waals surface area contributed by atoms with E-state index in [1.807, 2.05) is 13.8 Å². The summed E-state index contributed by atoms with van der Waals surface area (Å²) in [6, 6.07) is 0. The average molecular weight is 263 g/mol. The van der Waals surface area contributed by atoms with Crippen molar-refractivity contribution in [2.24, 2.45) is 5.73 Å². The lowest BCUT2D eigenvalue weighted by molar-refractivity contribution is 0.196. The van der Waals surface area contributed by atoms with Crippen LogP contribution in [0.2, 0.25) is 0 Å². The van der Waals surface area contributed by atoms with Crippen molar-refractivity contribution in [3.8, 4) is 0 Å². The van der Waals surface area contributed by atoms with Crippen LogP contribution in [-0.2, 0) is 13.6 Å². The Morgan fingerprint density at radius 3 is 2.12 bits per heavy atom. The van der Waals surface area contributed by atoms with E-state index in [9.17, 15) is 4.57 Å². The fraction of sp³-hybridized carbons (Fsp3) is 0.833. The monoisotopic (exact) mass is 263 g/mol. The van der Waals surface area contributed by atoms with Gasteiger partial charge < -0.3 is 14.8 Å². The van der Waals surface area contributed by atoms with Gasteiger partial charge in [0.05, 0.1) is 13.2 Å². The zero-order chi connectivity index (χ0) is 13.5. The molecular weight excluding hydrogens is 237 g/mol. The Morgan fingerprint density at radius 2 is 1.76 bits per heavy atom. The highest BCUT2D eigenvalue weighted by Gasteiger charge is 2.43. The van der Waals surface area contributed by atoms with Crippen LogP contribution in [0.3, 0.4) is 0 Å². The van der Waals surface area contributed by atoms with Crippen molar-refractivity contribution >= 4 is 7.60 Å². The van der Waals surface area contributed by atoms with Crippen LogP contribution in [0.4, 0.5) is 0 Å². The van der Waals surface area contributed by atoms with Gasteiger partial charge in [0.15, 0.2) is 0 Å². The topological polar surface area (TPSA) is 61.5 Å². The molecule has 0 aliphatic heterocycles. The van der Waals surface area contributed by atoms with Crippen molar-refractivity contribution in [1.82, 2.24) is 0 Å². The summed E-state index contributed by atoms with van der Waals surface area (Å²) in [6.45, 7) is 10.0. The van der Waals surface area contributed by atoms with Gasteiger partial charge >= 0.3 is 7.60 Å². The third-order valence-corrected chi connectivity index (χ3v) is 5.10. The first-order valence-electron chi connectivity index (χ1n) is 6.10. The van der Waals surface area contributed by atoms with E-state index in [1.165, 1.54) is 5.57 Å². The Kier molecular flexibility index (Phi) is 7.26. The van der Waals surface area contributed by atoms with E-state index in [4.69, 9.17) is 14.8 Å². The first-order valence-corrected chi connectivity index (χ1v) is 7.64. The highest BCUT2D eigenvalue weighted by molar-refractivity contribution is 7.55. The van der Waals surface area contributed by atoms with Gasteiger partial charge in [0.25, 0.3) is 0 Å². The van der Waals surface area contributed by atoms with Crippen LogP contribution in [0, 0.1) is 0 Å². The fourth-order valence-electron chi connectivity index (χ4n) is 1.46. The van der Waals surface area contributed by atoms with Gasteiger partial charge in [0.2, 0.25) is 0 Å². The van der Waals surface area contributed by atoms with E-state index >= 15 is 0 Å². The van der Waals surface area contributed by atoms with Crippen molar-refractivity contribution in [3.05, 3.63) is 11.6 Å². The van der Waals surface area contributed by atoms with Crippen LogP contribution in [0.15, 0.2) is 11.6 Å². The second kappa shape index (κ2) is 7.32. The summed E-state index contributed by atoms with van der Waals surface area (Å²) in [5, 5.41) is -0.940. The Morgan fingerprint density at radius 1 is 1.29 bits per heavy atom. The van der Waals surface area contributed by atoms with Crippen molar-refractivity contribution in [2.45, 2.75) is 52.7 Å². The van der Waals surface area contributed by atoms with E-state index in [0.717, 1.165) is 6.42 Å². The molecule has 0 radical (unpaired) electrons. The van der Waals surface area contributed by atoms with E-state index in [2.05, 4.69) is 6.08 Å². The summed E-state index contributed by atoms with van der Waals surface area (Å²) in [6.07, 6.45) is 3.43. The van der Waals surface area contributed by atoms with Crippen LogP contribution in [-0.4, -0.2) is 18.5 Å². The quantitative estimate of drug-likeness (QED) is 0.536. The van der Waals surface area contributed by atoms with Gasteiger partial charge in [0.1, 0.15) is 5.28 Å². The van der Waals surface area contributed by atoms with Crippen LogP contribution in [0.25, 0.3) is 0 Å². The first-order chi connectivity index (χ1) is 7.79. The molecule has 0 aromatic carbocycles. The summed E-state index contributed by atoms with van der Waals surface area (Å²) in [7, 11) is -3.23. The molecule has 2 N–H and O–H groups in total. The Bertz CT molecular complexity index is 286. The van der Waals surface area contributed by atoms with Gasteiger partial charge in [-0.2, -0.15) is 0 Å². The molecule has 0 spiro atoms. The van der Waals surface area contributed by atoms with Crippen molar-refractivity contribution in [2.75, 3.05) is 13.2 Å². The molecule has 0 heterocycles. The number of rotatable bonds is 8. The smallest absolute Gasteiger partial charge is 0.315 e. The van der Waals surface area contributed by atoms with Crippen LogP contribution in [0.5, 0.6) is 0 Å². The zero-order valence-corrected chi connectivity index (χ0v) is 12.5. The van der Waals surface area contributed by atoms with Crippen LogP contribution < -0.4 is 5.73 Å². The standard InChI is InChI=1S/C12H26NO3P/c1-6-15-17(14,16-7-2)12(5,13)10-8-9-11(3)4/h9H,6-8,10,13H2,1-5H3. The highest BCUT2D eigenvalue weighted by atomic mass is 31.2. The molecule has 0 aromatic heterocycles. The van der Waals surface area contributed by atoms with Gasteiger partial charge in [0, 0.05) is 0 Å². The van der Waals surface area contributed by atoms with E-state index in [-0.39, 0.29) is 0 Å². The lowest BCUT2D eigenvalue weighted by Gasteiger charge is -2.32. The summed E-state index contributed by atoms with van der Waals surface area (Å²) >= 11 is 0. The first kappa shape index (κ1) is 16.9. The molecule has 0 bridgehead atoms. The molecule has 1 unspecified atom stereocenters. The number of allylic oxidation sites excluding steroid dienone is 2. The SMILES string of the molecule is CCOP(=O)(OCC)C(C)(N)CCC=C(C)C. The maximum absolute atomic E-state index is 12.5. The Balaban J connectivity index is 4.71. The molecule has 17 heavy (non-hydrogen) atoms. The molecule has 0 amide bonds. The number of hydrogen-bond donors (Lipinski definition) is 1. The molecule has 0 aromatic rings. The molecule has 102 valence electrons. The zero-order valence-electron chi connectivity index (χ0n) is 11.7. The average Bonchev–Trinajstić information content (AvgIpc) is 2.17. The van der Waals surface area contributed by atoms with E-state index < -0.39 is 12.9 Å². The van der Waals surface area contributed by atoms with Crippen LogP contribution in [0.1, 0.15) is 47.5 Å². The molecule has 4 nitrogen and oxygen atoms in total. The van der Waals surface area contributed by atoms with Crippen molar-refractivity contribution in [1.29, 1.82) is 0 Å². The predicted molar refractivity (Wildman–Crippen MR) is 72.1 cm³/mol. The summed E-state index contributed by atoms with van der Waals surface area (Å²) in [5.41, 5.74) is 7.34. The van der Waals surface area contributed by atoms with Gasteiger partial charge in [-0.15, -0.1) is 0 Å². The molecule has 0 aliphatic rings. The summed E-state index contributed by atoms with van der Waals surface area (Å²) in [4.78, 5) is 0. The second-order valence-electron chi connectivity index (χ2n) is 4.51. The molecule has 0 saturated heterocycles. The van der Waals surface area contributed by atoms with Gasteiger partial charge in [-0.25, -0.2) is 0 Å². The lowest BCUT2D eigenvalue weighted by Crippen LogP contribution is -2.37. The maximum atomic E-state index is 12.5. The molecule has 0 rings (SSSR count). The van der Waals surface area contributed by atoms with E-state index in [0.29, 0.717) is 19.6 Å². The molecule has 0 aliphatic carbocycles. The minimum absolute atomic E-state index is 0.340. The van der Waals surface area contributed by atoms with Gasteiger partial charge in [-0.3, -0.25) is 4.57 Å². The summed E-state index contributed by atoms with van der Waals surface area (Å²) in [5.74, 6) is 0. The third kappa shape index (κ3) is 5.35. The van der Waals surface area contributed by atoms with Crippen molar-refractivity contribution in [3.63, 3.8) is 0 Å². The largest absolute Gasteiger partial charge is 0.350 e. The Labute approximate surface area is 105 Å². The summed E-state index contributed by atoms with van der Waals surface area (Å²) < 4.78 is 23.1. The third-order valence-electron chi connectivity index (χ3n) is 2.43. The lowest BCUT2D eigenvalue weighted by atomic mass is 10.1. The van der Waals surface area contributed by atoms with E-state index in [1.54, 1.807) is 20.8 Å². The normalized spacial score (nSPS) is 15.4. The predicted octanol–water partition coefficient (Wildman–Crippen LogP) is 3.67. The number of nitrogens with two attached hydrogens (primary N) is 1. The van der Waals surface area contributed by atoms with Gasteiger partial charge in [-0.1, -0.05) is 11.6 Å². The molecule has 1 atom stereocenters. The number of hydrogen-bond acceptors (Lipinski definition) is 4. The minimum Gasteiger partial charge on any atom is -0.315 e. The molecular formula is C12H26NO3P. The van der Waals surface area contributed by atoms with Crippen LogP contribution >= 0.6 is 7.60 Å². The Hall–Kier alpha value is -0.150. The minimum atomic E-state index is -3.23. The molecule has 0 fully saturated rings. The van der Waals surface area contributed by atoms with Crippen molar-refractivity contribution < 1.29 is 13.6 Å². The maximum Gasteiger partial charge on any atom is 0.350 e. The molecule has 5 heteroatoms.